The van der Waals surface area contributed by atoms with E-state index in [0.717, 1.165) is 0 Å². The van der Waals surface area contributed by atoms with Gasteiger partial charge in [0.1, 0.15) is 11.9 Å². The first-order valence-corrected chi connectivity index (χ1v) is 4.73. The number of aliphatic hydroxyl groups excluding tert-OH is 1. The van der Waals surface area contributed by atoms with Gasteiger partial charge in [0, 0.05) is 6.61 Å². The molecule has 0 bridgehead atoms. The first kappa shape index (κ1) is 11.4. The highest BCUT2D eigenvalue weighted by atomic mass is 35.5. The van der Waals surface area contributed by atoms with Gasteiger partial charge >= 0.3 is 0 Å². The molecule has 78 valence electrons. The van der Waals surface area contributed by atoms with Crippen molar-refractivity contribution in [2.45, 2.75) is 13.0 Å². The standard InChI is InChI=1S/C10H12ClFO2/c1-2-14-6-10(13)7-3-4-9(12)8(11)5-7/h3-5,10,13H,2,6H2,1H3. The Morgan fingerprint density at radius 1 is 1.57 bits per heavy atom. The fraction of sp³-hybridized carbons (Fsp3) is 0.400. The highest BCUT2D eigenvalue weighted by Crippen LogP contribution is 2.20. The lowest BCUT2D eigenvalue weighted by atomic mass is 10.1. The first-order chi connectivity index (χ1) is 6.65. The van der Waals surface area contributed by atoms with Gasteiger partial charge in [-0.05, 0) is 24.6 Å². The Balaban J connectivity index is 2.70. The van der Waals surface area contributed by atoms with Gasteiger partial charge in [-0.3, -0.25) is 0 Å². The lowest BCUT2D eigenvalue weighted by Gasteiger charge is -2.10. The summed E-state index contributed by atoms with van der Waals surface area (Å²) in [5, 5.41) is 9.57. The van der Waals surface area contributed by atoms with Crippen LogP contribution in [-0.4, -0.2) is 18.3 Å². The molecule has 1 unspecified atom stereocenters. The van der Waals surface area contributed by atoms with Crippen molar-refractivity contribution >= 4 is 11.6 Å². The second-order valence-electron chi connectivity index (χ2n) is 2.85. The van der Waals surface area contributed by atoms with Gasteiger partial charge in [-0.2, -0.15) is 0 Å². The molecule has 1 rings (SSSR count). The molecule has 0 aliphatic heterocycles. The van der Waals surface area contributed by atoms with Gasteiger partial charge in [0.2, 0.25) is 0 Å². The number of ether oxygens (including phenoxy) is 1. The van der Waals surface area contributed by atoms with E-state index in [-0.39, 0.29) is 11.6 Å². The van der Waals surface area contributed by atoms with E-state index in [0.29, 0.717) is 12.2 Å². The van der Waals surface area contributed by atoms with E-state index < -0.39 is 11.9 Å². The molecule has 0 fully saturated rings. The minimum absolute atomic E-state index is 0.0121. The van der Waals surface area contributed by atoms with Crippen molar-refractivity contribution in [1.29, 1.82) is 0 Å². The van der Waals surface area contributed by atoms with Crippen LogP contribution in [0.15, 0.2) is 18.2 Å². The number of benzene rings is 1. The van der Waals surface area contributed by atoms with Gasteiger partial charge in [0.15, 0.2) is 0 Å². The SMILES string of the molecule is CCOCC(O)c1ccc(F)c(Cl)c1. The molecule has 14 heavy (non-hydrogen) atoms. The highest BCUT2D eigenvalue weighted by molar-refractivity contribution is 6.30. The Morgan fingerprint density at radius 3 is 2.86 bits per heavy atom. The number of hydrogen-bond acceptors (Lipinski definition) is 2. The molecule has 0 spiro atoms. The Bertz CT molecular complexity index is 304. The van der Waals surface area contributed by atoms with Gasteiger partial charge in [0.05, 0.1) is 11.6 Å². The van der Waals surface area contributed by atoms with Gasteiger partial charge in [-0.15, -0.1) is 0 Å². The summed E-state index contributed by atoms with van der Waals surface area (Å²) in [6.07, 6.45) is -0.756. The van der Waals surface area contributed by atoms with Crippen LogP contribution >= 0.6 is 11.6 Å². The molecule has 0 amide bonds. The smallest absolute Gasteiger partial charge is 0.141 e. The fourth-order valence-electron chi connectivity index (χ4n) is 1.05. The van der Waals surface area contributed by atoms with E-state index >= 15 is 0 Å². The molecule has 0 saturated carbocycles. The van der Waals surface area contributed by atoms with Crippen LogP contribution < -0.4 is 0 Å². The molecular weight excluding hydrogens is 207 g/mol. The second-order valence-corrected chi connectivity index (χ2v) is 3.26. The fourth-order valence-corrected chi connectivity index (χ4v) is 1.23. The number of hydrogen-bond donors (Lipinski definition) is 1. The molecule has 2 nitrogen and oxygen atoms in total. The zero-order valence-electron chi connectivity index (χ0n) is 7.84. The van der Waals surface area contributed by atoms with E-state index in [9.17, 15) is 9.50 Å². The third-order valence-electron chi connectivity index (χ3n) is 1.81. The van der Waals surface area contributed by atoms with Crippen LogP contribution in [0.3, 0.4) is 0 Å². The largest absolute Gasteiger partial charge is 0.386 e. The predicted octanol–water partition coefficient (Wildman–Crippen LogP) is 2.55. The van der Waals surface area contributed by atoms with Gasteiger partial charge in [0.25, 0.3) is 0 Å². The molecule has 1 aromatic carbocycles. The minimum Gasteiger partial charge on any atom is -0.386 e. The first-order valence-electron chi connectivity index (χ1n) is 4.36. The molecule has 0 saturated heterocycles. The van der Waals surface area contributed by atoms with Crippen molar-refractivity contribution in [3.05, 3.63) is 34.6 Å². The van der Waals surface area contributed by atoms with Gasteiger partial charge in [-0.1, -0.05) is 17.7 Å². The van der Waals surface area contributed by atoms with Crippen molar-refractivity contribution in [1.82, 2.24) is 0 Å². The molecule has 1 aromatic rings. The Morgan fingerprint density at radius 2 is 2.29 bits per heavy atom. The maximum atomic E-state index is 12.8. The van der Waals surface area contributed by atoms with E-state index in [4.69, 9.17) is 16.3 Å². The normalized spacial score (nSPS) is 12.9. The maximum absolute atomic E-state index is 12.8. The molecule has 1 N–H and O–H groups in total. The summed E-state index contributed by atoms with van der Waals surface area (Å²) < 4.78 is 17.8. The lowest BCUT2D eigenvalue weighted by molar-refractivity contribution is 0.0420. The zero-order valence-corrected chi connectivity index (χ0v) is 8.59. The second kappa shape index (κ2) is 5.29. The summed E-state index contributed by atoms with van der Waals surface area (Å²) in [6, 6.07) is 4.12. The number of aliphatic hydroxyl groups is 1. The van der Waals surface area contributed by atoms with Crippen LogP contribution in [0.4, 0.5) is 4.39 Å². The van der Waals surface area contributed by atoms with Crippen molar-refractivity contribution in [3.63, 3.8) is 0 Å². The molecule has 0 aliphatic carbocycles. The Labute approximate surface area is 87.3 Å². The van der Waals surface area contributed by atoms with E-state index in [1.165, 1.54) is 18.2 Å². The van der Waals surface area contributed by atoms with Crippen LogP contribution in [0.1, 0.15) is 18.6 Å². The lowest BCUT2D eigenvalue weighted by Crippen LogP contribution is -2.07. The van der Waals surface area contributed by atoms with Crippen LogP contribution in [0.25, 0.3) is 0 Å². The molecule has 1 atom stereocenters. The summed E-state index contributed by atoms with van der Waals surface area (Å²) in [7, 11) is 0. The summed E-state index contributed by atoms with van der Waals surface area (Å²) >= 11 is 5.57. The Hall–Kier alpha value is -0.640. The summed E-state index contributed by atoms with van der Waals surface area (Å²) in [4.78, 5) is 0. The average Bonchev–Trinajstić information content (AvgIpc) is 2.18. The van der Waals surface area contributed by atoms with Gasteiger partial charge in [-0.25, -0.2) is 4.39 Å². The molecule has 0 radical (unpaired) electrons. The zero-order chi connectivity index (χ0) is 10.6. The minimum atomic E-state index is -0.756. The molecule has 0 heterocycles. The number of halogens is 2. The Kier molecular flexibility index (Phi) is 4.32. The summed E-state index contributed by atoms with van der Waals surface area (Å²) in [6.45, 7) is 2.56. The maximum Gasteiger partial charge on any atom is 0.141 e. The van der Waals surface area contributed by atoms with Crippen LogP contribution in [0.5, 0.6) is 0 Å². The molecule has 0 aromatic heterocycles. The predicted molar refractivity (Wildman–Crippen MR) is 52.9 cm³/mol. The highest BCUT2D eigenvalue weighted by Gasteiger charge is 2.09. The van der Waals surface area contributed by atoms with Gasteiger partial charge < -0.3 is 9.84 Å². The van der Waals surface area contributed by atoms with Crippen molar-refractivity contribution in [2.24, 2.45) is 0 Å². The molecule has 0 aliphatic rings. The van der Waals surface area contributed by atoms with E-state index in [2.05, 4.69) is 0 Å². The molecular formula is C10H12ClFO2. The van der Waals surface area contributed by atoms with E-state index in [1.54, 1.807) is 0 Å². The summed E-state index contributed by atoms with van der Waals surface area (Å²) in [5.41, 5.74) is 0.560. The monoisotopic (exact) mass is 218 g/mol. The third-order valence-corrected chi connectivity index (χ3v) is 2.10. The van der Waals surface area contributed by atoms with Crippen LogP contribution in [-0.2, 0) is 4.74 Å². The van der Waals surface area contributed by atoms with Crippen molar-refractivity contribution in [3.8, 4) is 0 Å². The van der Waals surface area contributed by atoms with Crippen LogP contribution in [0, 0.1) is 5.82 Å². The van der Waals surface area contributed by atoms with Crippen LogP contribution in [0.2, 0.25) is 5.02 Å². The quantitative estimate of drug-likeness (QED) is 0.842. The molecule has 4 heteroatoms. The van der Waals surface area contributed by atoms with Crippen molar-refractivity contribution < 1.29 is 14.2 Å². The average molecular weight is 219 g/mol. The number of rotatable bonds is 4. The van der Waals surface area contributed by atoms with E-state index in [1.807, 2.05) is 6.92 Å². The van der Waals surface area contributed by atoms with Crippen molar-refractivity contribution in [2.75, 3.05) is 13.2 Å². The third kappa shape index (κ3) is 2.94. The topological polar surface area (TPSA) is 29.5 Å². The summed E-state index contributed by atoms with van der Waals surface area (Å²) in [5.74, 6) is -0.487.